The molecule has 0 bridgehead atoms. The SMILES string of the molecule is CCOc1cc(NC(=O)c2ccc(Cl)c(N=NC(C(C)=O)C(=O)Nc3ccc(NC(=O)C(N=Nc4cc(C(=O)Nc5ccc(C(C)Cl)c(OCC)c5)ccc4Cl)C(C)=O)c(CCCl)c3)c2)ccc1C(C)Cl. The Hall–Kier alpha value is -6.43. The van der Waals surface area contributed by atoms with Crippen molar-refractivity contribution < 1.29 is 38.2 Å². The zero-order valence-electron chi connectivity index (χ0n) is 39.2. The molecule has 5 aromatic rings. The molecule has 4 atom stereocenters. The largest absolute Gasteiger partial charge is 0.493 e. The van der Waals surface area contributed by atoms with Crippen LogP contribution in [0.4, 0.5) is 34.1 Å². The Morgan fingerprint density at radius 2 is 0.986 bits per heavy atom. The first-order valence-corrected chi connectivity index (χ1v) is 24.2. The lowest BCUT2D eigenvalue weighted by Crippen LogP contribution is -2.32. The van der Waals surface area contributed by atoms with E-state index < -0.39 is 47.3 Å². The van der Waals surface area contributed by atoms with Crippen LogP contribution in [0.5, 0.6) is 11.5 Å². The topological polar surface area (TPSA) is 218 Å². The molecule has 0 aliphatic carbocycles. The number of Topliss-reactive ketones (excluding diaryl/α,β-unsaturated/α-hetero) is 2. The van der Waals surface area contributed by atoms with Gasteiger partial charge in [0.1, 0.15) is 22.9 Å². The van der Waals surface area contributed by atoms with Gasteiger partial charge in [-0.05, 0) is 120 Å². The Morgan fingerprint density at radius 3 is 1.39 bits per heavy atom. The summed E-state index contributed by atoms with van der Waals surface area (Å²) in [7, 11) is 0. The van der Waals surface area contributed by atoms with Crippen molar-refractivity contribution in [3.8, 4) is 11.5 Å². The number of ketones is 2. The van der Waals surface area contributed by atoms with Crippen molar-refractivity contribution in [1.29, 1.82) is 0 Å². The Morgan fingerprint density at radius 1 is 0.563 bits per heavy atom. The predicted octanol–water partition coefficient (Wildman–Crippen LogP) is 13.0. The molecule has 0 saturated heterocycles. The highest BCUT2D eigenvalue weighted by molar-refractivity contribution is 6.33. The summed E-state index contributed by atoms with van der Waals surface area (Å²) >= 11 is 31.5. The van der Waals surface area contributed by atoms with E-state index >= 15 is 0 Å². The van der Waals surface area contributed by atoms with E-state index in [9.17, 15) is 28.8 Å². The molecule has 0 fully saturated rings. The molecule has 0 aliphatic heterocycles. The van der Waals surface area contributed by atoms with Crippen LogP contribution >= 0.6 is 58.0 Å². The minimum absolute atomic E-state index is 0.0163. The van der Waals surface area contributed by atoms with Crippen LogP contribution in [0.1, 0.15) is 89.7 Å². The standard InChI is InChI=1S/C50H49Cl5N8O8/c1-7-70-43-24-34(11-14-36(43)26(3)52)56-47(66)31-9-16-38(54)41(22-31)60-62-45(28(5)64)49(68)58-33-13-18-40(30(21-33)19-20-51)59-50(69)46(29(6)65)63-61-42-23-32(10-17-39(42)55)48(67)57-35-12-15-37(27(4)53)44(25-35)71-8-2/h9-18,21-27,45-46H,7-8,19-20H2,1-6H3,(H,56,66)(H,57,67)(H,58,68)(H,59,69). The number of carbonyl (C=O) groups is 6. The summed E-state index contributed by atoms with van der Waals surface area (Å²) in [6.45, 7) is 10.4. The summed E-state index contributed by atoms with van der Waals surface area (Å²) in [5.41, 5.74) is 3.68. The molecule has 5 aromatic carbocycles. The van der Waals surface area contributed by atoms with Crippen LogP contribution in [-0.2, 0) is 25.6 Å². The quantitative estimate of drug-likeness (QED) is 0.0296. The third-order valence-corrected chi connectivity index (χ3v) is 11.5. The third-order valence-electron chi connectivity index (χ3n) is 10.2. The minimum atomic E-state index is -1.64. The summed E-state index contributed by atoms with van der Waals surface area (Å²) in [6, 6.07) is 19.9. The number of hydrogen-bond acceptors (Lipinski definition) is 12. The highest BCUT2D eigenvalue weighted by Crippen LogP contribution is 2.35. The summed E-state index contributed by atoms with van der Waals surface area (Å²) in [4.78, 5) is 79.1. The Balaban J connectivity index is 1.27. The molecule has 0 saturated carbocycles. The number of nitrogens with one attached hydrogen (secondary N) is 4. The third kappa shape index (κ3) is 15.3. The summed E-state index contributed by atoms with van der Waals surface area (Å²) in [6.07, 6.45) is 0.199. The first-order valence-electron chi connectivity index (χ1n) is 22.0. The fourth-order valence-corrected chi connectivity index (χ4v) is 7.58. The number of hydrogen-bond donors (Lipinski definition) is 4. The highest BCUT2D eigenvalue weighted by atomic mass is 35.5. The number of alkyl halides is 3. The highest BCUT2D eigenvalue weighted by Gasteiger charge is 2.27. The van der Waals surface area contributed by atoms with E-state index in [0.717, 1.165) is 25.0 Å². The van der Waals surface area contributed by atoms with Crippen LogP contribution in [0.25, 0.3) is 0 Å². The molecular formula is C50H49Cl5N8O8. The van der Waals surface area contributed by atoms with Gasteiger partial charge in [0.05, 0.1) is 34.0 Å². The van der Waals surface area contributed by atoms with E-state index in [1.807, 2.05) is 27.7 Å². The number of carbonyl (C=O) groups excluding carboxylic acids is 6. The van der Waals surface area contributed by atoms with Crippen molar-refractivity contribution in [1.82, 2.24) is 0 Å². The van der Waals surface area contributed by atoms with Crippen LogP contribution in [0, 0.1) is 0 Å². The average Bonchev–Trinajstić information content (AvgIpc) is 3.31. The van der Waals surface area contributed by atoms with Gasteiger partial charge in [-0.3, -0.25) is 28.8 Å². The average molecular weight is 1070 g/mol. The number of anilines is 4. The van der Waals surface area contributed by atoms with Crippen LogP contribution in [0.2, 0.25) is 10.0 Å². The van der Waals surface area contributed by atoms with Gasteiger partial charge in [-0.25, -0.2) is 0 Å². The molecule has 16 nitrogen and oxygen atoms in total. The van der Waals surface area contributed by atoms with Gasteiger partial charge >= 0.3 is 0 Å². The second-order valence-corrected chi connectivity index (χ2v) is 18.1. The zero-order chi connectivity index (χ0) is 51.9. The molecule has 4 unspecified atom stereocenters. The lowest BCUT2D eigenvalue weighted by Gasteiger charge is -2.16. The van der Waals surface area contributed by atoms with E-state index in [2.05, 4.69) is 41.7 Å². The van der Waals surface area contributed by atoms with Crippen LogP contribution in [0.15, 0.2) is 111 Å². The maximum atomic E-state index is 13.6. The van der Waals surface area contributed by atoms with Crippen molar-refractivity contribution in [2.75, 3.05) is 40.4 Å². The van der Waals surface area contributed by atoms with E-state index in [4.69, 9.17) is 67.5 Å². The van der Waals surface area contributed by atoms with Gasteiger partial charge < -0.3 is 30.7 Å². The van der Waals surface area contributed by atoms with Crippen molar-refractivity contribution in [2.24, 2.45) is 20.5 Å². The lowest BCUT2D eigenvalue weighted by molar-refractivity contribution is -0.127. The summed E-state index contributed by atoms with van der Waals surface area (Å²) in [5.74, 6) is -2.86. The van der Waals surface area contributed by atoms with Gasteiger partial charge in [0.2, 0.25) is 12.1 Å². The number of halogens is 5. The van der Waals surface area contributed by atoms with E-state index in [-0.39, 0.29) is 67.0 Å². The van der Waals surface area contributed by atoms with Crippen LogP contribution in [0.3, 0.4) is 0 Å². The number of azo groups is 2. The molecule has 21 heteroatoms. The molecule has 0 aliphatic rings. The molecule has 0 radical (unpaired) electrons. The lowest BCUT2D eigenvalue weighted by atomic mass is 10.1. The molecular weight excluding hydrogens is 1020 g/mol. The summed E-state index contributed by atoms with van der Waals surface area (Å²) < 4.78 is 11.4. The monoisotopic (exact) mass is 1060 g/mol. The number of rotatable bonds is 22. The smallest absolute Gasteiger partial charge is 0.258 e. The molecule has 71 heavy (non-hydrogen) atoms. The zero-order valence-corrected chi connectivity index (χ0v) is 43.0. The molecule has 0 heterocycles. The van der Waals surface area contributed by atoms with Crippen molar-refractivity contribution >= 4 is 127 Å². The van der Waals surface area contributed by atoms with E-state index in [0.29, 0.717) is 41.7 Å². The van der Waals surface area contributed by atoms with Crippen molar-refractivity contribution in [2.45, 2.75) is 70.8 Å². The van der Waals surface area contributed by atoms with Gasteiger partial charge in [-0.1, -0.05) is 35.3 Å². The molecule has 0 aromatic heterocycles. The second kappa shape index (κ2) is 26.1. The van der Waals surface area contributed by atoms with Crippen molar-refractivity contribution in [3.63, 3.8) is 0 Å². The van der Waals surface area contributed by atoms with Crippen LogP contribution in [-0.4, -0.2) is 66.4 Å². The maximum Gasteiger partial charge on any atom is 0.258 e. The predicted molar refractivity (Wildman–Crippen MR) is 279 cm³/mol. The first kappa shape index (κ1) is 55.5. The molecule has 0 spiro atoms. The number of aryl methyl sites for hydroxylation is 1. The van der Waals surface area contributed by atoms with Gasteiger partial charge in [0.15, 0.2) is 11.6 Å². The Kier molecular flexibility index (Phi) is 20.4. The van der Waals surface area contributed by atoms with Gasteiger partial charge in [0.25, 0.3) is 23.6 Å². The van der Waals surface area contributed by atoms with E-state index in [1.54, 1.807) is 36.4 Å². The molecule has 4 N–H and O–H groups in total. The number of amides is 4. The van der Waals surface area contributed by atoms with Gasteiger partial charge in [-0.15, -0.1) is 34.8 Å². The molecule has 5 rings (SSSR count). The van der Waals surface area contributed by atoms with Gasteiger partial charge in [-0.2, -0.15) is 20.5 Å². The van der Waals surface area contributed by atoms with E-state index in [1.165, 1.54) is 54.6 Å². The number of ether oxygens (including phenoxy) is 2. The number of nitrogens with zero attached hydrogens (tertiary/aromatic N) is 4. The first-order chi connectivity index (χ1) is 33.8. The fourth-order valence-electron chi connectivity index (χ4n) is 6.70. The molecule has 372 valence electrons. The Bertz CT molecular complexity index is 2880. The minimum Gasteiger partial charge on any atom is -0.493 e. The van der Waals surface area contributed by atoms with Crippen molar-refractivity contribution in [3.05, 3.63) is 129 Å². The Labute approximate surface area is 435 Å². The summed E-state index contributed by atoms with van der Waals surface area (Å²) in [5, 5.41) is 26.6. The normalized spacial score (nSPS) is 12.9. The maximum absolute atomic E-state index is 13.6. The fraction of sp³-hybridized carbons (Fsp3) is 0.280. The van der Waals surface area contributed by atoms with Crippen LogP contribution < -0.4 is 30.7 Å². The van der Waals surface area contributed by atoms with Gasteiger partial charge in [0, 0.05) is 63.0 Å². The second-order valence-electron chi connectivity index (χ2n) is 15.6. The molecule has 4 amide bonds. The number of benzene rings is 5.